The molecule has 1 amide bonds. The van der Waals surface area contributed by atoms with Crippen LogP contribution < -0.4 is 5.32 Å². The molecule has 0 unspecified atom stereocenters. The number of carbonyl (C=O) groups is 1. The fraction of sp³-hybridized carbons (Fsp3) is 0.174. The Hall–Kier alpha value is -3.09. The van der Waals surface area contributed by atoms with Crippen LogP contribution >= 0.6 is 11.3 Å². The number of nitrogens with zero attached hydrogens (tertiary/aromatic N) is 2. The van der Waals surface area contributed by atoms with Crippen molar-refractivity contribution < 1.29 is 9.90 Å². The number of thiazole rings is 1. The largest absolute Gasteiger partial charge is 0.390 e. The van der Waals surface area contributed by atoms with Gasteiger partial charge in [0.05, 0.1) is 22.4 Å². The van der Waals surface area contributed by atoms with Gasteiger partial charge >= 0.3 is 0 Å². The molecule has 2 heterocycles. The van der Waals surface area contributed by atoms with E-state index in [0.717, 1.165) is 37.5 Å². The Bertz CT molecular complexity index is 1230. The van der Waals surface area contributed by atoms with Gasteiger partial charge in [-0.05, 0) is 47.9 Å². The van der Waals surface area contributed by atoms with E-state index in [4.69, 9.17) is 0 Å². The molecular formula is C23H19N3O2S. The molecule has 0 bridgehead atoms. The third-order valence-electron chi connectivity index (χ3n) is 5.26. The summed E-state index contributed by atoms with van der Waals surface area (Å²) < 4.78 is 0.946. The van der Waals surface area contributed by atoms with Crippen molar-refractivity contribution in [3.8, 4) is 10.6 Å². The fourth-order valence-corrected chi connectivity index (χ4v) is 4.82. The quantitative estimate of drug-likeness (QED) is 0.543. The number of amides is 1. The normalized spacial score (nSPS) is 18.0. The molecule has 0 radical (unpaired) electrons. The maximum atomic E-state index is 12.9. The molecule has 29 heavy (non-hydrogen) atoms. The Morgan fingerprint density at radius 2 is 2.03 bits per heavy atom. The van der Waals surface area contributed by atoms with Crippen LogP contribution in [0.5, 0.6) is 0 Å². The lowest BCUT2D eigenvalue weighted by Gasteiger charge is -2.18. The smallest absolute Gasteiger partial charge is 0.251 e. The molecule has 0 saturated carbocycles. The van der Waals surface area contributed by atoms with Crippen LogP contribution in [0.25, 0.3) is 20.8 Å². The van der Waals surface area contributed by atoms with Crippen molar-refractivity contribution in [2.75, 3.05) is 0 Å². The number of rotatable bonds is 3. The Balaban J connectivity index is 1.42. The van der Waals surface area contributed by atoms with Crippen LogP contribution in [0.3, 0.4) is 0 Å². The molecule has 2 N–H and O–H groups in total. The molecule has 6 heteroatoms. The summed E-state index contributed by atoms with van der Waals surface area (Å²) in [4.78, 5) is 21.8. The summed E-state index contributed by atoms with van der Waals surface area (Å²) >= 11 is 1.54. The van der Waals surface area contributed by atoms with Crippen LogP contribution in [0.1, 0.15) is 33.1 Å². The standard InChI is InChI=1S/C23H19N3O2S/c1-13-8-16(12-24-11-13)23-25-18-7-6-15(10-20(18)29-23)22(28)26-21-17-5-3-2-4-14(17)9-19(21)27/h2-8,10-12,19,21,27H,9H2,1H3,(H,26,28)/t19-,21+/m0/s1. The number of hydrogen-bond acceptors (Lipinski definition) is 5. The molecular weight excluding hydrogens is 382 g/mol. The van der Waals surface area contributed by atoms with E-state index >= 15 is 0 Å². The van der Waals surface area contributed by atoms with Crippen LogP contribution in [0.2, 0.25) is 0 Å². The summed E-state index contributed by atoms with van der Waals surface area (Å²) in [5.74, 6) is -0.195. The summed E-state index contributed by atoms with van der Waals surface area (Å²) in [6.07, 6.45) is 3.57. The summed E-state index contributed by atoms with van der Waals surface area (Å²) in [6.45, 7) is 2.00. The molecule has 5 nitrogen and oxygen atoms in total. The van der Waals surface area contributed by atoms with E-state index in [2.05, 4.69) is 21.4 Å². The first kappa shape index (κ1) is 18.0. The summed E-state index contributed by atoms with van der Waals surface area (Å²) in [5.41, 5.74) is 5.54. The summed E-state index contributed by atoms with van der Waals surface area (Å²) in [7, 11) is 0. The second kappa shape index (κ2) is 7.06. The molecule has 4 aromatic rings. The number of pyridine rings is 1. The van der Waals surface area contributed by atoms with Gasteiger partial charge in [0.1, 0.15) is 5.01 Å². The van der Waals surface area contributed by atoms with E-state index in [-0.39, 0.29) is 11.9 Å². The number of nitrogens with one attached hydrogen (secondary N) is 1. The highest BCUT2D eigenvalue weighted by molar-refractivity contribution is 7.21. The Labute approximate surface area is 172 Å². The van der Waals surface area contributed by atoms with Gasteiger partial charge in [-0.15, -0.1) is 11.3 Å². The van der Waals surface area contributed by atoms with E-state index < -0.39 is 6.10 Å². The fourth-order valence-electron chi connectivity index (χ4n) is 3.83. The van der Waals surface area contributed by atoms with Gasteiger partial charge in [0.2, 0.25) is 0 Å². The monoisotopic (exact) mass is 401 g/mol. The first-order chi connectivity index (χ1) is 14.1. The molecule has 0 saturated heterocycles. The number of fused-ring (bicyclic) bond motifs is 2. The summed E-state index contributed by atoms with van der Waals surface area (Å²) in [6, 6.07) is 15.0. The average molecular weight is 401 g/mol. The number of hydrogen-bond donors (Lipinski definition) is 2. The van der Waals surface area contributed by atoms with E-state index in [9.17, 15) is 9.90 Å². The molecule has 1 aliphatic rings. The van der Waals surface area contributed by atoms with Crippen molar-refractivity contribution in [1.29, 1.82) is 0 Å². The predicted molar refractivity (Wildman–Crippen MR) is 114 cm³/mol. The number of aliphatic hydroxyl groups is 1. The zero-order chi connectivity index (χ0) is 20.0. The van der Waals surface area contributed by atoms with Crippen molar-refractivity contribution in [1.82, 2.24) is 15.3 Å². The number of carbonyl (C=O) groups excluding carboxylic acids is 1. The van der Waals surface area contributed by atoms with Gasteiger partial charge in [0.15, 0.2) is 0 Å². The zero-order valence-corrected chi connectivity index (χ0v) is 16.6. The van der Waals surface area contributed by atoms with Crippen molar-refractivity contribution in [2.24, 2.45) is 0 Å². The minimum absolute atomic E-state index is 0.195. The van der Waals surface area contributed by atoms with E-state index in [1.807, 2.05) is 49.5 Å². The number of aromatic nitrogens is 2. The summed E-state index contributed by atoms with van der Waals surface area (Å²) in [5, 5.41) is 14.3. The molecule has 0 spiro atoms. The lowest BCUT2D eigenvalue weighted by atomic mass is 10.1. The van der Waals surface area contributed by atoms with E-state index in [1.54, 1.807) is 23.6 Å². The van der Waals surface area contributed by atoms with E-state index in [0.29, 0.717) is 12.0 Å². The molecule has 144 valence electrons. The molecule has 0 fully saturated rings. The number of aliphatic hydroxyl groups excluding tert-OH is 1. The highest BCUT2D eigenvalue weighted by Gasteiger charge is 2.32. The first-order valence-corrected chi connectivity index (χ1v) is 10.3. The Morgan fingerprint density at radius 3 is 2.90 bits per heavy atom. The van der Waals surface area contributed by atoms with Crippen molar-refractivity contribution in [3.63, 3.8) is 0 Å². The number of aryl methyl sites for hydroxylation is 1. The van der Waals surface area contributed by atoms with Crippen molar-refractivity contribution in [3.05, 3.63) is 83.2 Å². The maximum absolute atomic E-state index is 12.9. The Kier molecular flexibility index (Phi) is 4.38. The zero-order valence-electron chi connectivity index (χ0n) is 15.8. The van der Waals surface area contributed by atoms with Crippen LogP contribution in [0.4, 0.5) is 0 Å². The highest BCUT2D eigenvalue weighted by Crippen LogP contribution is 2.33. The number of benzene rings is 2. The molecule has 5 rings (SSSR count). The average Bonchev–Trinajstić information content (AvgIpc) is 3.28. The minimum Gasteiger partial charge on any atom is -0.390 e. The van der Waals surface area contributed by atoms with Crippen molar-refractivity contribution in [2.45, 2.75) is 25.5 Å². The highest BCUT2D eigenvalue weighted by atomic mass is 32.1. The van der Waals surface area contributed by atoms with Gasteiger partial charge in [-0.2, -0.15) is 0 Å². The molecule has 2 atom stereocenters. The lowest BCUT2D eigenvalue weighted by molar-refractivity contribution is 0.0858. The van der Waals surface area contributed by atoms with Crippen molar-refractivity contribution >= 4 is 27.5 Å². The third-order valence-corrected chi connectivity index (χ3v) is 6.33. The van der Waals surface area contributed by atoms with Crippen LogP contribution in [-0.2, 0) is 6.42 Å². The van der Waals surface area contributed by atoms with Gasteiger partial charge in [-0.1, -0.05) is 24.3 Å². The van der Waals surface area contributed by atoms with E-state index in [1.165, 1.54) is 0 Å². The lowest BCUT2D eigenvalue weighted by Crippen LogP contribution is -2.33. The minimum atomic E-state index is -0.607. The van der Waals surface area contributed by atoms with Gasteiger partial charge in [0.25, 0.3) is 5.91 Å². The Morgan fingerprint density at radius 1 is 1.17 bits per heavy atom. The van der Waals surface area contributed by atoms with Gasteiger partial charge < -0.3 is 10.4 Å². The molecule has 2 aromatic carbocycles. The topological polar surface area (TPSA) is 75.1 Å². The first-order valence-electron chi connectivity index (χ1n) is 9.48. The molecule has 1 aliphatic carbocycles. The van der Waals surface area contributed by atoms with Gasteiger partial charge in [0, 0.05) is 29.9 Å². The second-order valence-electron chi connectivity index (χ2n) is 7.37. The van der Waals surface area contributed by atoms with Gasteiger partial charge in [-0.25, -0.2) is 4.98 Å². The van der Waals surface area contributed by atoms with Gasteiger partial charge in [-0.3, -0.25) is 9.78 Å². The van der Waals surface area contributed by atoms with Crippen LogP contribution in [0, 0.1) is 6.92 Å². The molecule has 0 aliphatic heterocycles. The predicted octanol–water partition coefficient (Wildman–Crippen LogP) is 4.05. The maximum Gasteiger partial charge on any atom is 0.251 e. The van der Waals surface area contributed by atoms with Crippen LogP contribution in [0.15, 0.2) is 60.9 Å². The SMILES string of the molecule is Cc1cncc(-c2nc3ccc(C(=O)N[C@@H]4c5ccccc5C[C@@H]4O)cc3s2)c1. The third kappa shape index (κ3) is 3.30. The second-order valence-corrected chi connectivity index (χ2v) is 8.40. The molecule has 2 aromatic heterocycles. The van der Waals surface area contributed by atoms with Crippen LogP contribution in [-0.4, -0.2) is 27.1 Å².